The number of nitrogens with one attached hydrogen (secondary N) is 1. The molecule has 2 aromatic rings. The standard InChI is InChI=1S/C18H23N3O3S2/c22-26(23,21-9-11-24-12-10-21)16-7-5-14(6-8-16)17-13-25-18(20-17)19-15-3-1-2-4-15/h5-8,13,15H,1-4,9-12H2,(H,19,20). The minimum absolute atomic E-state index is 0.322. The molecule has 4 rings (SSSR count). The second-order valence-electron chi connectivity index (χ2n) is 6.70. The van der Waals surface area contributed by atoms with Gasteiger partial charge in [-0.3, -0.25) is 0 Å². The lowest BCUT2D eigenvalue weighted by Crippen LogP contribution is -2.40. The molecular weight excluding hydrogens is 370 g/mol. The zero-order valence-corrected chi connectivity index (χ0v) is 16.2. The van der Waals surface area contributed by atoms with Crippen LogP contribution in [0.15, 0.2) is 34.5 Å². The van der Waals surface area contributed by atoms with E-state index in [9.17, 15) is 8.42 Å². The molecule has 2 fully saturated rings. The fourth-order valence-electron chi connectivity index (χ4n) is 3.45. The second kappa shape index (κ2) is 7.64. The van der Waals surface area contributed by atoms with Gasteiger partial charge in [0.2, 0.25) is 10.0 Å². The van der Waals surface area contributed by atoms with Crippen molar-refractivity contribution in [2.45, 2.75) is 36.6 Å². The van der Waals surface area contributed by atoms with Gasteiger partial charge in [0, 0.05) is 30.1 Å². The van der Waals surface area contributed by atoms with Crippen LogP contribution in [-0.2, 0) is 14.8 Å². The van der Waals surface area contributed by atoms with Gasteiger partial charge in [0.05, 0.1) is 23.8 Å². The number of benzene rings is 1. The van der Waals surface area contributed by atoms with Crippen LogP contribution in [0.5, 0.6) is 0 Å². The maximum absolute atomic E-state index is 12.7. The molecule has 26 heavy (non-hydrogen) atoms. The van der Waals surface area contributed by atoms with Crippen molar-refractivity contribution in [3.8, 4) is 11.3 Å². The van der Waals surface area contributed by atoms with E-state index in [2.05, 4.69) is 10.3 Å². The largest absolute Gasteiger partial charge is 0.379 e. The van der Waals surface area contributed by atoms with E-state index in [4.69, 9.17) is 4.74 Å². The Kier molecular flexibility index (Phi) is 5.26. The van der Waals surface area contributed by atoms with E-state index in [0.29, 0.717) is 37.2 Å². The van der Waals surface area contributed by atoms with Gasteiger partial charge in [-0.05, 0) is 25.0 Å². The summed E-state index contributed by atoms with van der Waals surface area (Å²) in [5.41, 5.74) is 1.81. The highest BCUT2D eigenvalue weighted by atomic mass is 32.2. The maximum atomic E-state index is 12.7. The van der Waals surface area contributed by atoms with Crippen molar-refractivity contribution in [2.75, 3.05) is 31.6 Å². The molecule has 1 aliphatic heterocycles. The van der Waals surface area contributed by atoms with E-state index in [0.717, 1.165) is 16.4 Å². The molecule has 0 radical (unpaired) electrons. The molecule has 1 saturated carbocycles. The van der Waals surface area contributed by atoms with Crippen LogP contribution in [0.1, 0.15) is 25.7 Å². The van der Waals surface area contributed by atoms with Crippen molar-refractivity contribution >= 4 is 26.5 Å². The van der Waals surface area contributed by atoms with Crippen molar-refractivity contribution in [1.29, 1.82) is 0 Å². The summed E-state index contributed by atoms with van der Waals surface area (Å²) in [6.45, 7) is 1.72. The van der Waals surface area contributed by atoms with Crippen molar-refractivity contribution in [2.24, 2.45) is 0 Å². The zero-order chi connectivity index (χ0) is 18.0. The van der Waals surface area contributed by atoms with Crippen LogP contribution in [0, 0.1) is 0 Å². The number of morpholine rings is 1. The minimum atomic E-state index is -3.45. The van der Waals surface area contributed by atoms with Crippen molar-refractivity contribution in [3.63, 3.8) is 0 Å². The van der Waals surface area contributed by atoms with E-state index < -0.39 is 10.0 Å². The Labute approximate surface area is 158 Å². The van der Waals surface area contributed by atoms with Crippen LogP contribution in [0.4, 0.5) is 5.13 Å². The number of hydrogen-bond acceptors (Lipinski definition) is 6. The smallest absolute Gasteiger partial charge is 0.243 e. The molecule has 1 aliphatic carbocycles. The predicted molar refractivity (Wildman–Crippen MR) is 103 cm³/mol. The Bertz CT molecular complexity index is 837. The summed E-state index contributed by atoms with van der Waals surface area (Å²) in [5, 5.41) is 6.46. The molecule has 1 aromatic heterocycles. The maximum Gasteiger partial charge on any atom is 0.243 e. The predicted octanol–water partition coefficient (Wildman–Crippen LogP) is 3.19. The third kappa shape index (κ3) is 3.78. The number of anilines is 1. The average Bonchev–Trinajstić information content (AvgIpc) is 3.35. The second-order valence-corrected chi connectivity index (χ2v) is 9.50. The number of aromatic nitrogens is 1. The fraction of sp³-hybridized carbons (Fsp3) is 0.500. The highest BCUT2D eigenvalue weighted by molar-refractivity contribution is 7.89. The highest BCUT2D eigenvalue weighted by Crippen LogP contribution is 2.29. The third-order valence-electron chi connectivity index (χ3n) is 4.94. The topological polar surface area (TPSA) is 71.5 Å². The summed E-state index contributed by atoms with van der Waals surface area (Å²) < 4.78 is 32.1. The summed E-state index contributed by atoms with van der Waals surface area (Å²) in [7, 11) is -3.45. The Morgan fingerprint density at radius 1 is 1.12 bits per heavy atom. The molecule has 2 aliphatic rings. The molecule has 1 aromatic carbocycles. The quantitative estimate of drug-likeness (QED) is 0.845. The van der Waals surface area contributed by atoms with Crippen molar-refractivity contribution in [1.82, 2.24) is 9.29 Å². The first kappa shape index (κ1) is 17.9. The number of sulfonamides is 1. The Morgan fingerprint density at radius 3 is 2.50 bits per heavy atom. The number of thiazole rings is 1. The van der Waals surface area contributed by atoms with Gasteiger partial charge in [-0.2, -0.15) is 4.31 Å². The van der Waals surface area contributed by atoms with Crippen molar-refractivity contribution in [3.05, 3.63) is 29.6 Å². The molecule has 2 heterocycles. The molecule has 6 nitrogen and oxygen atoms in total. The molecule has 0 unspecified atom stereocenters. The number of nitrogens with zero attached hydrogens (tertiary/aromatic N) is 2. The first-order valence-electron chi connectivity index (χ1n) is 9.03. The molecular formula is C18H23N3O3S2. The van der Waals surface area contributed by atoms with Crippen LogP contribution in [0.3, 0.4) is 0 Å². The first-order chi connectivity index (χ1) is 12.6. The van der Waals surface area contributed by atoms with Crippen LogP contribution in [-0.4, -0.2) is 50.1 Å². The van der Waals surface area contributed by atoms with Gasteiger partial charge in [-0.1, -0.05) is 25.0 Å². The van der Waals surface area contributed by atoms with Crippen LogP contribution < -0.4 is 5.32 Å². The fourth-order valence-corrected chi connectivity index (χ4v) is 5.66. The lowest BCUT2D eigenvalue weighted by atomic mass is 10.2. The van der Waals surface area contributed by atoms with Crippen LogP contribution >= 0.6 is 11.3 Å². The summed E-state index contributed by atoms with van der Waals surface area (Å²) >= 11 is 1.60. The highest BCUT2D eigenvalue weighted by Gasteiger charge is 2.26. The van der Waals surface area contributed by atoms with Gasteiger partial charge in [0.25, 0.3) is 0 Å². The van der Waals surface area contributed by atoms with Crippen molar-refractivity contribution < 1.29 is 13.2 Å². The Balaban J connectivity index is 1.48. The number of ether oxygens (including phenoxy) is 1. The minimum Gasteiger partial charge on any atom is -0.379 e. The summed E-state index contributed by atoms with van der Waals surface area (Å²) in [4.78, 5) is 4.98. The van der Waals surface area contributed by atoms with Crippen LogP contribution in [0.25, 0.3) is 11.3 Å². The average molecular weight is 394 g/mol. The van der Waals surface area contributed by atoms with Gasteiger partial charge >= 0.3 is 0 Å². The molecule has 0 amide bonds. The summed E-state index contributed by atoms with van der Waals surface area (Å²) in [6.07, 6.45) is 5.00. The lowest BCUT2D eigenvalue weighted by Gasteiger charge is -2.26. The number of rotatable bonds is 5. The molecule has 0 atom stereocenters. The Hall–Kier alpha value is -1.48. The summed E-state index contributed by atoms with van der Waals surface area (Å²) in [6, 6.07) is 7.55. The van der Waals surface area contributed by atoms with Crippen LogP contribution in [0.2, 0.25) is 0 Å². The van der Waals surface area contributed by atoms with E-state index in [1.54, 1.807) is 23.5 Å². The number of hydrogen-bond donors (Lipinski definition) is 1. The third-order valence-corrected chi connectivity index (χ3v) is 7.63. The molecule has 1 saturated heterocycles. The van der Waals surface area contributed by atoms with Gasteiger partial charge in [0.15, 0.2) is 5.13 Å². The molecule has 8 heteroatoms. The monoisotopic (exact) mass is 393 g/mol. The molecule has 140 valence electrons. The van der Waals surface area contributed by atoms with Gasteiger partial charge in [-0.15, -0.1) is 11.3 Å². The van der Waals surface area contributed by atoms with E-state index >= 15 is 0 Å². The molecule has 0 bridgehead atoms. The van der Waals surface area contributed by atoms with E-state index in [-0.39, 0.29) is 0 Å². The van der Waals surface area contributed by atoms with Gasteiger partial charge in [0.1, 0.15) is 0 Å². The van der Waals surface area contributed by atoms with E-state index in [1.807, 2.05) is 17.5 Å². The SMILES string of the molecule is O=S(=O)(c1ccc(-c2csc(NC3CCCC3)n2)cc1)N1CCOCC1. The normalized spacial score (nSPS) is 19.7. The van der Waals surface area contributed by atoms with Gasteiger partial charge in [-0.25, -0.2) is 13.4 Å². The molecule has 0 spiro atoms. The molecule has 1 N–H and O–H groups in total. The zero-order valence-electron chi connectivity index (χ0n) is 14.6. The van der Waals surface area contributed by atoms with E-state index in [1.165, 1.54) is 30.0 Å². The Morgan fingerprint density at radius 2 is 1.81 bits per heavy atom. The van der Waals surface area contributed by atoms with Gasteiger partial charge < -0.3 is 10.1 Å². The lowest BCUT2D eigenvalue weighted by molar-refractivity contribution is 0.0730. The summed E-state index contributed by atoms with van der Waals surface area (Å²) in [5.74, 6) is 0. The first-order valence-corrected chi connectivity index (χ1v) is 11.4.